The molecule has 0 amide bonds. The average molecular weight is 303 g/mol. The molecule has 2 heterocycles. The molecule has 110 valence electrons. The summed E-state index contributed by atoms with van der Waals surface area (Å²) in [5.41, 5.74) is 4.06. The Labute approximate surface area is 130 Å². The van der Waals surface area contributed by atoms with E-state index in [1.807, 2.05) is 26.0 Å². The quantitative estimate of drug-likeness (QED) is 0.922. The summed E-state index contributed by atoms with van der Waals surface area (Å²) in [4.78, 5) is 13.5. The SMILES string of the molecule is Cc1nc(-c2ccc(Cl)cn2)nc(C)c1CCNC1CC1. The van der Waals surface area contributed by atoms with Crippen molar-refractivity contribution in [2.24, 2.45) is 0 Å². The Hall–Kier alpha value is -1.52. The van der Waals surface area contributed by atoms with E-state index in [9.17, 15) is 0 Å². The van der Waals surface area contributed by atoms with Gasteiger partial charge < -0.3 is 5.32 Å². The fraction of sp³-hybridized carbons (Fsp3) is 0.438. The van der Waals surface area contributed by atoms with E-state index in [4.69, 9.17) is 11.6 Å². The van der Waals surface area contributed by atoms with Gasteiger partial charge >= 0.3 is 0 Å². The van der Waals surface area contributed by atoms with Crippen LogP contribution in [0.2, 0.25) is 5.02 Å². The summed E-state index contributed by atoms with van der Waals surface area (Å²) in [7, 11) is 0. The normalized spacial score (nSPS) is 14.4. The third-order valence-corrected chi connectivity index (χ3v) is 3.99. The molecule has 1 fully saturated rings. The van der Waals surface area contributed by atoms with Crippen molar-refractivity contribution in [3.05, 3.63) is 40.3 Å². The third-order valence-electron chi connectivity index (χ3n) is 3.76. The highest BCUT2D eigenvalue weighted by Crippen LogP contribution is 2.20. The van der Waals surface area contributed by atoms with Crippen molar-refractivity contribution in [2.75, 3.05) is 6.54 Å². The summed E-state index contributed by atoms with van der Waals surface area (Å²) in [6.07, 6.45) is 5.23. The summed E-state index contributed by atoms with van der Waals surface area (Å²) in [5, 5.41) is 4.15. The van der Waals surface area contributed by atoms with Crippen molar-refractivity contribution in [3.8, 4) is 11.5 Å². The van der Waals surface area contributed by atoms with Crippen LogP contribution in [0.15, 0.2) is 18.3 Å². The molecule has 0 aliphatic heterocycles. The van der Waals surface area contributed by atoms with Crippen LogP contribution < -0.4 is 5.32 Å². The van der Waals surface area contributed by atoms with Crippen LogP contribution in [0.25, 0.3) is 11.5 Å². The van der Waals surface area contributed by atoms with Crippen LogP contribution in [0.4, 0.5) is 0 Å². The molecule has 1 aliphatic carbocycles. The highest BCUT2D eigenvalue weighted by molar-refractivity contribution is 6.30. The highest BCUT2D eigenvalue weighted by Gasteiger charge is 2.20. The number of aryl methyl sites for hydroxylation is 2. The van der Waals surface area contributed by atoms with Gasteiger partial charge in [0.15, 0.2) is 5.82 Å². The Kier molecular flexibility index (Phi) is 4.17. The maximum absolute atomic E-state index is 5.86. The van der Waals surface area contributed by atoms with Crippen LogP contribution in [0.1, 0.15) is 29.8 Å². The summed E-state index contributed by atoms with van der Waals surface area (Å²) in [6, 6.07) is 4.40. The fourth-order valence-electron chi connectivity index (χ4n) is 2.41. The number of pyridine rings is 1. The van der Waals surface area contributed by atoms with Gasteiger partial charge in [0.1, 0.15) is 5.69 Å². The molecule has 0 spiro atoms. The molecule has 2 aromatic rings. The molecule has 0 radical (unpaired) electrons. The summed E-state index contributed by atoms with van der Waals surface area (Å²) >= 11 is 5.86. The van der Waals surface area contributed by atoms with E-state index in [0.717, 1.165) is 36.1 Å². The molecule has 21 heavy (non-hydrogen) atoms. The van der Waals surface area contributed by atoms with Gasteiger partial charge in [0.2, 0.25) is 0 Å². The molecule has 0 unspecified atom stereocenters. The molecule has 3 rings (SSSR count). The van der Waals surface area contributed by atoms with Gasteiger partial charge in [-0.25, -0.2) is 9.97 Å². The molecule has 1 saturated carbocycles. The maximum Gasteiger partial charge on any atom is 0.178 e. The van der Waals surface area contributed by atoms with Crippen molar-refractivity contribution in [1.82, 2.24) is 20.3 Å². The lowest BCUT2D eigenvalue weighted by molar-refractivity contribution is 0.675. The van der Waals surface area contributed by atoms with Gasteiger partial charge in [0.25, 0.3) is 0 Å². The smallest absolute Gasteiger partial charge is 0.178 e. The molecule has 1 aliphatic rings. The monoisotopic (exact) mass is 302 g/mol. The largest absolute Gasteiger partial charge is 0.314 e. The van der Waals surface area contributed by atoms with E-state index in [-0.39, 0.29) is 0 Å². The number of aromatic nitrogens is 3. The van der Waals surface area contributed by atoms with Gasteiger partial charge in [-0.2, -0.15) is 0 Å². The molecular formula is C16H19ClN4. The van der Waals surface area contributed by atoms with E-state index >= 15 is 0 Å². The van der Waals surface area contributed by atoms with Crippen molar-refractivity contribution < 1.29 is 0 Å². The number of halogens is 1. The number of nitrogens with one attached hydrogen (secondary N) is 1. The van der Waals surface area contributed by atoms with Crippen LogP contribution in [0.5, 0.6) is 0 Å². The molecule has 4 nitrogen and oxygen atoms in total. The topological polar surface area (TPSA) is 50.7 Å². The van der Waals surface area contributed by atoms with Crippen LogP contribution in [0.3, 0.4) is 0 Å². The van der Waals surface area contributed by atoms with Gasteiger partial charge in [-0.15, -0.1) is 0 Å². The van der Waals surface area contributed by atoms with Crippen LogP contribution >= 0.6 is 11.6 Å². The zero-order valence-electron chi connectivity index (χ0n) is 12.4. The van der Waals surface area contributed by atoms with E-state index < -0.39 is 0 Å². The first-order chi connectivity index (χ1) is 10.1. The molecule has 0 saturated heterocycles. The second kappa shape index (κ2) is 6.08. The first-order valence-corrected chi connectivity index (χ1v) is 7.70. The summed E-state index contributed by atoms with van der Waals surface area (Å²) < 4.78 is 0. The lowest BCUT2D eigenvalue weighted by atomic mass is 10.1. The maximum atomic E-state index is 5.86. The van der Waals surface area contributed by atoms with E-state index in [2.05, 4.69) is 20.3 Å². The highest BCUT2D eigenvalue weighted by atomic mass is 35.5. The molecular weight excluding hydrogens is 284 g/mol. The minimum Gasteiger partial charge on any atom is -0.314 e. The van der Waals surface area contributed by atoms with Crippen LogP contribution in [-0.4, -0.2) is 27.5 Å². The molecule has 0 bridgehead atoms. The van der Waals surface area contributed by atoms with Crippen molar-refractivity contribution >= 4 is 11.6 Å². The number of hydrogen-bond donors (Lipinski definition) is 1. The first kappa shape index (κ1) is 14.4. The standard InChI is InChI=1S/C16H19ClN4/c1-10-14(7-8-18-13-4-5-13)11(2)21-16(20-10)15-6-3-12(17)9-19-15/h3,6,9,13,18H,4-5,7-8H2,1-2H3. The molecule has 2 aromatic heterocycles. The third kappa shape index (κ3) is 3.57. The Morgan fingerprint density at radius 3 is 2.48 bits per heavy atom. The Bertz CT molecular complexity index is 612. The summed E-state index contributed by atoms with van der Waals surface area (Å²) in [5.74, 6) is 0.667. The van der Waals surface area contributed by atoms with Gasteiger partial charge in [-0.05, 0) is 57.4 Å². The first-order valence-electron chi connectivity index (χ1n) is 7.33. The minimum atomic E-state index is 0.620. The zero-order chi connectivity index (χ0) is 14.8. The van der Waals surface area contributed by atoms with Crippen LogP contribution in [0, 0.1) is 13.8 Å². The van der Waals surface area contributed by atoms with E-state index in [1.54, 1.807) is 6.20 Å². The van der Waals surface area contributed by atoms with Gasteiger partial charge in [0, 0.05) is 23.6 Å². The van der Waals surface area contributed by atoms with Crippen molar-refractivity contribution in [3.63, 3.8) is 0 Å². The second-order valence-corrected chi connectivity index (χ2v) is 5.97. The predicted octanol–water partition coefficient (Wildman–Crippen LogP) is 3.10. The molecule has 0 atom stereocenters. The van der Waals surface area contributed by atoms with Gasteiger partial charge in [-0.3, -0.25) is 4.98 Å². The Balaban J connectivity index is 1.79. The van der Waals surface area contributed by atoms with Crippen LogP contribution in [-0.2, 0) is 6.42 Å². The summed E-state index contributed by atoms with van der Waals surface area (Å²) in [6.45, 7) is 5.08. The minimum absolute atomic E-state index is 0.620. The average Bonchev–Trinajstić information content (AvgIpc) is 3.26. The number of hydrogen-bond acceptors (Lipinski definition) is 4. The predicted molar refractivity (Wildman–Crippen MR) is 84.5 cm³/mol. The van der Waals surface area contributed by atoms with Crippen molar-refractivity contribution in [1.29, 1.82) is 0 Å². The molecule has 5 heteroatoms. The van der Waals surface area contributed by atoms with Gasteiger partial charge in [0.05, 0.1) is 5.02 Å². The zero-order valence-corrected chi connectivity index (χ0v) is 13.1. The van der Waals surface area contributed by atoms with Crippen molar-refractivity contribution in [2.45, 2.75) is 39.2 Å². The molecule has 0 aromatic carbocycles. The number of nitrogens with zero attached hydrogens (tertiary/aromatic N) is 3. The van der Waals surface area contributed by atoms with E-state index in [0.29, 0.717) is 10.8 Å². The Morgan fingerprint density at radius 2 is 1.90 bits per heavy atom. The lowest BCUT2D eigenvalue weighted by Crippen LogP contribution is -2.20. The Morgan fingerprint density at radius 1 is 1.19 bits per heavy atom. The number of rotatable bonds is 5. The fourth-order valence-corrected chi connectivity index (χ4v) is 2.52. The second-order valence-electron chi connectivity index (χ2n) is 5.54. The molecule has 1 N–H and O–H groups in total. The van der Waals surface area contributed by atoms with Gasteiger partial charge in [-0.1, -0.05) is 11.6 Å². The van der Waals surface area contributed by atoms with E-state index in [1.165, 1.54) is 18.4 Å². The lowest BCUT2D eigenvalue weighted by Gasteiger charge is -2.11.